The van der Waals surface area contributed by atoms with E-state index in [-0.39, 0.29) is 0 Å². The minimum absolute atomic E-state index is 0.618. The van der Waals surface area contributed by atoms with Crippen LogP contribution in [-0.2, 0) is 6.42 Å². The predicted molar refractivity (Wildman–Crippen MR) is 53.3 cm³/mol. The number of nitrogens with one attached hydrogen (secondary N) is 1. The van der Waals surface area contributed by atoms with Crippen LogP contribution < -0.4 is 5.32 Å². The lowest BCUT2D eigenvalue weighted by Gasteiger charge is -2.13. The minimum atomic E-state index is 0.618. The second-order valence-corrected chi connectivity index (χ2v) is 3.08. The Hall–Kier alpha value is -0.820. The van der Waals surface area contributed by atoms with Crippen LogP contribution in [0, 0.1) is 0 Å². The number of rotatable bonds is 4. The molecule has 0 aliphatic rings. The highest BCUT2D eigenvalue weighted by atomic mass is 14.9. The molecule has 0 aliphatic carbocycles. The Morgan fingerprint density at radius 3 is 2.42 bits per heavy atom. The Kier molecular flexibility index (Phi) is 3.81. The third-order valence-corrected chi connectivity index (χ3v) is 2.23. The molecule has 0 unspecified atom stereocenters. The molecule has 1 aromatic rings. The molecule has 1 N–H and O–H groups in total. The van der Waals surface area contributed by atoms with Crippen molar-refractivity contribution in [3.63, 3.8) is 0 Å². The van der Waals surface area contributed by atoms with Gasteiger partial charge in [0.1, 0.15) is 0 Å². The fourth-order valence-corrected chi connectivity index (χ4v) is 1.35. The summed E-state index contributed by atoms with van der Waals surface area (Å²) in [7, 11) is 2.02. The fourth-order valence-electron chi connectivity index (χ4n) is 1.35. The largest absolute Gasteiger partial charge is 0.317 e. The number of likely N-dealkylation sites (N-methyl/N-ethyl adjacent to an activating group) is 1. The van der Waals surface area contributed by atoms with E-state index in [1.807, 2.05) is 7.05 Å². The molecule has 0 saturated carbocycles. The maximum atomic E-state index is 3.30. The standard InChI is InChI=1S/C11H17N/c1-3-11(12-2)9-10-7-5-4-6-8-10/h4-8,11-12H,3,9H2,1-2H3/t11-/m0/s1. The van der Waals surface area contributed by atoms with Crippen LogP contribution >= 0.6 is 0 Å². The molecule has 0 aliphatic heterocycles. The van der Waals surface area contributed by atoms with Crippen molar-refractivity contribution in [1.82, 2.24) is 5.32 Å². The molecule has 0 heterocycles. The van der Waals surface area contributed by atoms with Gasteiger partial charge >= 0.3 is 0 Å². The van der Waals surface area contributed by atoms with Crippen LogP contribution in [0.5, 0.6) is 0 Å². The zero-order valence-corrected chi connectivity index (χ0v) is 7.88. The minimum Gasteiger partial charge on any atom is -0.317 e. The molecular weight excluding hydrogens is 146 g/mol. The van der Waals surface area contributed by atoms with Crippen molar-refractivity contribution >= 4 is 0 Å². The van der Waals surface area contributed by atoms with Gasteiger partial charge in [0.15, 0.2) is 0 Å². The van der Waals surface area contributed by atoms with Gasteiger partial charge in [-0.1, -0.05) is 37.3 Å². The number of hydrogen-bond donors (Lipinski definition) is 1. The van der Waals surface area contributed by atoms with Crippen molar-refractivity contribution in [2.24, 2.45) is 0 Å². The monoisotopic (exact) mass is 163 g/mol. The van der Waals surface area contributed by atoms with E-state index in [0.29, 0.717) is 6.04 Å². The average molecular weight is 163 g/mol. The summed E-state index contributed by atoms with van der Waals surface area (Å²) in [6, 6.07) is 11.2. The molecule has 0 spiro atoms. The maximum absolute atomic E-state index is 3.30. The Morgan fingerprint density at radius 2 is 1.92 bits per heavy atom. The van der Waals surface area contributed by atoms with E-state index in [1.165, 1.54) is 12.0 Å². The van der Waals surface area contributed by atoms with Gasteiger partial charge in [-0.3, -0.25) is 0 Å². The van der Waals surface area contributed by atoms with E-state index in [0.717, 1.165) is 6.42 Å². The van der Waals surface area contributed by atoms with Crippen molar-refractivity contribution < 1.29 is 0 Å². The van der Waals surface area contributed by atoms with Gasteiger partial charge in [-0.2, -0.15) is 0 Å². The highest BCUT2D eigenvalue weighted by molar-refractivity contribution is 5.15. The molecule has 1 rings (SSSR count). The first-order valence-electron chi connectivity index (χ1n) is 4.58. The predicted octanol–water partition coefficient (Wildman–Crippen LogP) is 2.23. The lowest BCUT2D eigenvalue weighted by atomic mass is 10.0. The zero-order chi connectivity index (χ0) is 8.81. The first-order valence-corrected chi connectivity index (χ1v) is 4.58. The molecule has 1 nitrogen and oxygen atoms in total. The fraction of sp³-hybridized carbons (Fsp3) is 0.455. The summed E-state index contributed by atoms with van der Waals surface area (Å²) < 4.78 is 0. The van der Waals surface area contributed by atoms with Crippen LogP contribution in [0.2, 0.25) is 0 Å². The highest BCUT2D eigenvalue weighted by Crippen LogP contribution is 2.04. The van der Waals surface area contributed by atoms with Crippen LogP contribution in [0.15, 0.2) is 30.3 Å². The zero-order valence-electron chi connectivity index (χ0n) is 7.88. The molecular formula is C11H17N. The molecule has 66 valence electrons. The van der Waals surface area contributed by atoms with Crippen LogP contribution in [0.25, 0.3) is 0 Å². The van der Waals surface area contributed by atoms with Gasteiger partial charge in [0.2, 0.25) is 0 Å². The first kappa shape index (κ1) is 9.27. The summed E-state index contributed by atoms with van der Waals surface area (Å²) in [5.41, 5.74) is 1.42. The first-order chi connectivity index (χ1) is 5.86. The summed E-state index contributed by atoms with van der Waals surface area (Å²) in [5, 5.41) is 3.30. The number of hydrogen-bond acceptors (Lipinski definition) is 1. The molecule has 12 heavy (non-hydrogen) atoms. The Morgan fingerprint density at radius 1 is 1.25 bits per heavy atom. The normalized spacial score (nSPS) is 12.8. The molecule has 0 aromatic heterocycles. The molecule has 1 heteroatoms. The Labute approximate surface area is 74.8 Å². The van der Waals surface area contributed by atoms with Gasteiger partial charge in [0, 0.05) is 6.04 Å². The van der Waals surface area contributed by atoms with E-state index in [9.17, 15) is 0 Å². The van der Waals surface area contributed by atoms with E-state index >= 15 is 0 Å². The molecule has 0 radical (unpaired) electrons. The van der Waals surface area contributed by atoms with Crippen molar-refractivity contribution in [3.8, 4) is 0 Å². The molecule has 0 fully saturated rings. The SMILES string of the molecule is CC[C@@H](Cc1ccccc1)NC. The summed E-state index contributed by atoms with van der Waals surface area (Å²) in [6.45, 7) is 2.21. The van der Waals surface area contributed by atoms with Gasteiger partial charge in [-0.15, -0.1) is 0 Å². The van der Waals surface area contributed by atoms with Crippen molar-refractivity contribution in [1.29, 1.82) is 0 Å². The van der Waals surface area contributed by atoms with Gasteiger partial charge in [-0.25, -0.2) is 0 Å². The molecule has 1 aromatic carbocycles. The van der Waals surface area contributed by atoms with Gasteiger partial charge in [0.05, 0.1) is 0 Å². The van der Waals surface area contributed by atoms with Crippen LogP contribution in [0.3, 0.4) is 0 Å². The van der Waals surface area contributed by atoms with Gasteiger partial charge in [-0.05, 0) is 25.5 Å². The number of benzene rings is 1. The van der Waals surface area contributed by atoms with Crippen molar-refractivity contribution in [3.05, 3.63) is 35.9 Å². The summed E-state index contributed by atoms with van der Waals surface area (Å²) in [4.78, 5) is 0. The third-order valence-electron chi connectivity index (χ3n) is 2.23. The topological polar surface area (TPSA) is 12.0 Å². The smallest absolute Gasteiger partial charge is 0.0102 e. The maximum Gasteiger partial charge on any atom is 0.0102 e. The van der Waals surface area contributed by atoms with Crippen LogP contribution in [0.4, 0.5) is 0 Å². The van der Waals surface area contributed by atoms with E-state index in [4.69, 9.17) is 0 Å². The second kappa shape index (κ2) is 4.94. The summed E-state index contributed by atoms with van der Waals surface area (Å²) >= 11 is 0. The molecule has 0 amide bonds. The van der Waals surface area contributed by atoms with Gasteiger partial charge in [0.25, 0.3) is 0 Å². The summed E-state index contributed by atoms with van der Waals surface area (Å²) in [6.07, 6.45) is 2.32. The van der Waals surface area contributed by atoms with E-state index < -0.39 is 0 Å². The molecule has 1 atom stereocenters. The van der Waals surface area contributed by atoms with Crippen molar-refractivity contribution in [2.75, 3.05) is 7.05 Å². The quantitative estimate of drug-likeness (QED) is 0.717. The highest BCUT2D eigenvalue weighted by Gasteiger charge is 2.02. The van der Waals surface area contributed by atoms with Gasteiger partial charge < -0.3 is 5.32 Å². The molecule has 0 bridgehead atoms. The van der Waals surface area contributed by atoms with Crippen molar-refractivity contribution in [2.45, 2.75) is 25.8 Å². The van der Waals surface area contributed by atoms with Crippen LogP contribution in [-0.4, -0.2) is 13.1 Å². The molecule has 0 saturated heterocycles. The second-order valence-electron chi connectivity index (χ2n) is 3.08. The Balaban J connectivity index is 2.51. The van der Waals surface area contributed by atoms with E-state index in [1.54, 1.807) is 0 Å². The Bertz CT molecular complexity index is 202. The van der Waals surface area contributed by atoms with E-state index in [2.05, 4.69) is 42.6 Å². The average Bonchev–Trinajstić information content (AvgIpc) is 2.16. The lowest BCUT2D eigenvalue weighted by Crippen LogP contribution is -2.26. The third kappa shape index (κ3) is 2.67. The lowest BCUT2D eigenvalue weighted by molar-refractivity contribution is 0.543. The summed E-state index contributed by atoms with van der Waals surface area (Å²) in [5.74, 6) is 0. The van der Waals surface area contributed by atoms with Crippen LogP contribution in [0.1, 0.15) is 18.9 Å².